The molecule has 16 heavy (non-hydrogen) atoms. The first-order valence-corrected chi connectivity index (χ1v) is 6.32. The lowest BCUT2D eigenvalue weighted by Crippen LogP contribution is -2.17. The highest BCUT2D eigenvalue weighted by Gasteiger charge is 2.14. The fraction of sp³-hybridized carbons (Fsp3) is 0.417. The number of nitrogen functional groups attached to an aromatic ring is 1. The molecule has 0 unspecified atom stereocenters. The summed E-state index contributed by atoms with van der Waals surface area (Å²) >= 11 is 1.89. The number of hydrogen-bond acceptors (Lipinski definition) is 3. The van der Waals surface area contributed by atoms with E-state index in [0.29, 0.717) is 5.25 Å². The number of nitrogens with two attached hydrogens (primary N) is 1. The van der Waals surface area contributed by atoms with Crippen LogP contribution >= 0.6 is 11.8 Å². The molecule has 1 aliphatic rings. The number of rotatable bonds is 3. The Bertz CT molecular complexity index is 358. The molecule has 0 aromatic heterocycles. The highest BCUT2D eigenvalue weighted by atomic mass is 32.2. The molecule has 0 spiro atoms. The first-order valence-electron chi connectivity index (χ1n) is 5.44. The average molecular weight is 236 g/mol. The van der Waals surface area contributed by atoms with Crippen molar-refractivity contribution < 1.29 is 4.74 Å². The van der Waals surface area contributed by atoms with Gasteiger partial charge in [-0.15, -0.1) is 11.8 Å². The smallest absolute Gasteiger partial charge is 0.122 e. The predicted molar refractivity (Wildman–Crippen MR) is 67.2 cm³/mol. The van der Waals surface area contributed by atoms with Gasteiger partial charge in [0, 0.05) is 28.9 Å². The van der Waals surface area contributed by atoms with Crippen LogP contribution in [-0.4, -0.2) is 24.3 Å². The molecule has 1 fully saturated rings. The molecular formula is C12H16N2OS. The van der Waals surface area contributed by atoms with Gasteiger partial charge in [0.05, 0.1) is 0 Å². The van der Waals surface area contributed by atoms with Crippen LogP contribution in [0.15, 0.2) is 29.2 Å². The topological polar surface area (TPSA) is 59.1 Å². The SMILES string of the molecule is N=C(N)c1ccc(SC2CCOCC2)cc1. The molecule has 0 aliphatic carbocycles. The predicted octanol–water partition coefficient (Wildman–Crippen LogP) is 2.24. The molecule has 1 aromatic carbocycles. The summed E-state index contributed by atoms with van der Waals surface area (Å²) in [4.78, 5) is 1.25. The van der Waals surface area contributed by atoms with Crippen LogP contribution in [0.1, 0.15) is 18.4 Å². The van der Waals surface area contributed by atoms with Gasteiger partial charge in [-0.25, -0.2) is 0 Å². The average Bonchev–Trinajstić information content (AvgIpc) is 2.31. The minimum Gasteiger partial charge on any atom is -0.384 e. The lowest BCUT2D eigenvalue weighted by Gasteiger charge is -2.21. The Hall–Kier alpha value is -1.00. The maximum atomic E-state index is 7.31. The molecule has 3 nitrogen and oxygen atoms in total. The Labute approximate surface area is 99.9 Å². The van der Waals surface area contributed by atoms with Crippen molar-refractivity contribution in [2.24, 2.45) is 5.73 Å². The maximum Gasteiger partial charge on any atom is 0.122 e. The number of hydrogen-bond donors (Lipinski definition) is 2. The van der Waals surface area contributed by atoms with Crippen molar-refractivity contribution in [3.05, 3.63) is 29.8 Å². The van der Waals surface area contributed by atoms with Gasteiger partial charge in [-0.1, -0.05) is 12.1 Å². The summed E-state index contributed by atoms with van der Waals surface area (Å²) in [5.74, 6) is 0.127. The van der Waals surface area contributed by atoms with Gasteiger partial charge in [0.25, 0.3) is 0 Å². The maximum absolute atomic E-state index is 7.31. The number of amidine groups is 1. The van der Waals surface area contributed by atoms with Crippen LogP contribution in [0.5, 0.6) is 0 Å². The first kappa shape index (κ1) is 11.5. The van der Waals surface area contributed by atoms with E-state index < -0.39 is 0 Å². The van der Waals surface area contributed by atoms with E-state index in [-0.39, 0.29) is 5.84 Å². The van der Waals surface area contributed by atoms with Crippen LogP contribution in [0, 0.1) is 5.41 Å². The van der Waals surface area contributed by atoms with E-state index in [4.69, 9.17) is 15.9 Å². The molecule has 86 valence electrons. The third-order valence-corrected chi connectivity index (χ3v) is 3.99. The fourth-order valence-electron chi connectivity index (χ4n) is 1.70. The first-order chi connectivity index (χ1) is 7.75. The molecule has 1 heterocycles. The summed E-state index contributed by atoms with van der Waals surface area (Å²) in [7, 11) is 0. The molecule has 0 atom stereocenters. The molecule has 4 heteroatoms. The second-order valence-electron chi connectivity index (χ2n) is 3.87. The van der Waals surface area contributed by atoms with Crippen molar-refractivity contribution >= 4 is 17.6 Å². The van der Waals surface area contributed by atoms with E-state index in [0.717, 1.165) is 31.6 Å². The van der Waals surface area contributed by atoms with Crippen LogP contribution in [0.25, 0.3) is 0 Å². The van der Waals surface area contributed by atoms with E-state index in [1.807, 2.05) is 36.0 Å². The molecule has 1 aromatic rings. The van der Waals surface area contributed by atoms with Crippen LogP contribution in [0.3, 0.4) is 0 Å². The van der Waals surface area contributed by atoms with E-state index in [1.165, 1.54) is 4.90 Å². The van der Waals surface area contributed by atoms with Gasteiger partial charge in [-0.2, -0.15) is 0 Å². The van der Waals surface area contributed by atoms with Crippen molar-refractivity contribution in [2.75, 3.05) is 13.2 Å². The quantitative estimate of drug-likeness (QED) is 0.625. The molecule has 0 radical (unpaired) electrons. The third-order valence-electron chi connectivity index (χ3n) is 2.64. The van der Waals surface area contributed by atoms with Crippen LogP contribution < -0.4 is 5.73 Å². The fourth-order valence-corrected chi connectivity index (χ4v) is 2.81. The van der Waals surface area contributed by atoms with Crippen molar-refractivity contribution in [3.63, 3.8) is 0 Å². The molecule has 0 bridgehead atoms. The standard InChI is InChI=1S/C12H16N2OS/c13-12(14)9-1-3-10(4-2-9)16-11-5-7-15-8-6-11/h1-4,11H,5-8H2,(H3,13,14). The zero-order valence-corrected chi connectivity index (χ0v) is 9.93. The highest BCUT2D eigenvalue weighted by Crippen LogP contribution is 2.29. The van der Waals surface area contributed by atoms with E-state index in [2.05, 4.69) is 0 Å². The van der Waals surface area contributed by atoms with Gasteiger partial charge in [0.2, 0.25) is 0 Å². The van der Waals surface area contributed by atoms with Crippen molar-refractivity contribution in [1.82, 2.24) is 0 Å². The van der Waals surface area contributed by atoms with Crippen molar-refractivity contribution in [2.45, 2.75) is 23.0 Å². The summed E-state index contributed by atoms with van der Waals surface area (Å²) in [5, 5.41) is 7.98. The third kappa shape index (κ3) is 3.00. The Kier molecular flexibility index (Phi) is 3.85. The van der Waals surface area contributed by atoms with E-state index in [9.17, 15) is 0 Å². The Balaban J connectivity index is 1.96. The van der Waals surface area contributed by atoms with Crippen LogP contribution in [0.2, 0.25) is 0 Å². The lowest BCUT2D eigenvalue weighted by molar-refractivity contribution is 0.100. The summed E-state index contributed by atoms with van der Waals surface area (Å²) in [5.41, 5.74) is 6.20. The molecular weight excluding hydrogens is 220 g/mol. The van der Waals surface area contributed by atoms with Crippen LogP contribution in [-0.2, 0) is 4.74 Å². The monoisotopic (exact) mass is 236 g/mol. The Morgan fingerprint density at radius 3 is 2.44 bits per heavy atom. The van der Waals surface area contributed by atoms with E-state index >= 15 is 0 Å². The number of benzene rings is 1. The summed E-state index contributed by atoms with van der Waals surface area (Å²) in [6.45, 7) is 1.76. The van der Waals surface area contributed by atoms with E-state index in [1.54, 1.807) is 0 Å². The second-order valence-corrected chi connectivity index (χ2v) is 5.24. The normalized spacial score (nSPS) is 17.2. The molecule has 0 amide bonds. The van der Waals surface area contributed by atoms with Gasteiger partial charge in [0.1, 0.15) is 5.84 Å². The molecule has 1 saturated heterocycles. The number of nitrogens with one attached hydrogen (secondary N) is 1. The Morgan fingerprint density at radius 2 is 1.88 bits per heavy atom. The Morgan fingerprint density at radius 1 is 1.25 bits per heavy atom. The van der Waals surface area contributed by atoms with Crippen molar-refractivity contribution in [1.29, 1.82) is 5.41 Å². The number of ether oxygens (including phenoxy) is 1. The van der Waals surface area contributed by atoms with Gasteiger partial charge in [0.15, 0.2) is 0 Å². The molecule has 3 N–H and O–H groups in total. The zero-order valence-electron chi connectivity index (χ0n) is 9.11. The molecule has 0 saturated carbocycles. The minimum atomic E-state index is 0.127. The second kappa shape index (κ2) is 5.37. The number of thioether (sulfide) groups is 1. The zero-order chi connectivity index (χ0) is 11.4. The van der Waals surface area contributed by atoms with Gasteiger partial charge >= 0.3 is 0 Å². The van der Waals surface area contributed by atoms with Gasteiger partial charge < -0.3 is 10.5 Å². The molecule has 2 rings (SSSR count). The largest absolute Gasteiger partial charge is 0.384 e. The van der Waals surface area contributed by atoms with Gasteiger partial charge in [-0.3, -0.25) is 5.41 Å². The van der Waals surface area contributed by atoms with Crippen LogP contribution in [0.4, 0.5) is 0 Å². The summed E-state index contributed by atoms with van der Waals surface area (Å²) < 4.78 is 5.33. The summed E-state index contributed by atoms with van der Waals surface area (Å²) in [6.07, 6.45) is 2.25. The van der Waals surface area contributed by atoms with Crippen molar-refractivity contribution in [3.8, 4) is 0 Å². The summed E-state index contributed by atoms with van der Waals surface area (Å²) in [6, 6.07) is 7.89. The minimum absolute atomic E-state index is 0.127. The highest BCUT2D eigenvalue weighted by molar-refractivity contribution is 8.00. The van der Waals surface area contributed by atoms with Gasteiger partial charge in [-0.05, 0) is 25.0 Å². The lowest BCUT2D eigenvalue weighted by atomic mass is 10.2. The molecule has 1 aliphatic heterocycles.